The summed E-state index contributed by atoms with van der Waals surface area (Å²) in [6, 6.07) is 0. The molecular formula is C25H39NO2. The van der Waals surface area contributed by atoms with Gasteiger partial charge in [0.25, 0.3) is 0 Å². The average Bonchev–Trinajstić information content (AvgIpc) is 2.97. The van der Waals surface area contributed by atoms with Crippen LogP contribution in [-0.2, 0) is 4.79 Å². The molecule has 0 unspecified atom stereocenters. The largest absolute Gasteiger partial charge is 0.394 e. The maximum atomic E-state index is 12.6. The van der Waals surface area contributed by atoms with E-state index in [1.165, 1.54) is 56.9 Å². The van der Waals surface area contributed by atoms with Gasteiger partial charge >= 0.3 is 0 Å². The molecule has 0 bridgehead atoms. The van der Waals surface area contributed by atoms with Gasteiger partial charge in [-0.25, -0.2) is 0 Å². The van der Waals surface area contributed by atoms with Gasteiger partial charge in [-0.2, -0.15) is 0 Å². The minimum atomic E-state index is -0.565. The highest BCUT2D eigenvalue weighted by atomic mass is 16.3. The molecule has 3 fully saturated rings. The van der Waals surface area contributed by atoms with Gasteiger partial charge in [-0.05, 0) is 93.8 Å². The summed E-state index contributed by atoms with van der Waals surface area (Å²) in [5, 5.41) is 12.4. The first kappa shape index (κ1) is 20.2. The number of aliphatic hydroxyl groups is 1. The molecule has 156 valence electrons. The fourth-order valence-electron chi connectivity index (χ4n) is 7.35. The number of fused-ring (bicyclic) bond motifs is 5. The fraction of sp³-hybridized carbons (Fsp3) is 0.800. The standard InChI is InChI=1S/C25H39NO2/c1-23(2,16-27)26-22(28)15-18-9-11-20-19-10-8-17-7-5-6-13-24(17,3)21(19)12-14-25(18,20)4/h8,15,19-21,27H,5-7,9-14,16H2,1-4H3,(H,26,28)/b18-15+/t19-,20-,21-,24-,25+/m0/s1. The molecule has 0 aromatic rings. The van der Waals surface area contributed by atoms with Crippen molar-refractivity contribution in [2.45, 2.75) is 91.0 Å². The minimum absolute atomic E-state index is 0.0388. The Bertz CT molecular complexity index is 705. The molecule has 0 saturated heterocycles. The topological polar surface area (TPSA) is 49.3 Å². The van der Waals surface area contributed by atoms with Crippen LogP contribution >= 0.6 is 0 Å². The molecule has 0 radical (unpaired) electrons. The predicted molar refractivity (Wildman–Crippen MR) is 114 cm³/mol. The van der Waals surface area contributed by atoms with Crippen LogP contribution in [0.15, 0.2) is 23.3 Å². The molecule has 1 amide bonds. The Kier molecular flexibility index (Phi) is 5.05. The number of nitrogens with one attached hydrogen (secondary N) is 1. The zero-order valence-corrected chi connectivity index (χ0v) is 18.3. The van der Waals surface area contributed by atoms with E-state index in [0.717, 1.165) is 18.3 Å². The number of aliphatic hydroxyl groups excluding tert-OH is 1. The molecule has 2 N–H and O–H groups in total. The number of hydrogen-bond donors (Lipinski definition) is 2. The first-order valence-electron chi connectivity index (χ1n) is 11.5. The molecule has 0 aromatic heterocycles. The zero-order valence-electron chi connectivity index (χ0n) is 18.3. The van der Waals surface area contributed by atoms with Gasteiger partial charge in [0.1, 0.15) is 0 Å². The smallest absolute Gasteiger partial charge is 0.244 e. The van der Waals surface area contributed by atoms with Crippen LogP contribution in [0.4, 0.5) is 0 Å². The molecule has 3 saturated carbocycles. The zero-order chi connectivity index (χ0) is 20.2. The lowest BCUT2D eigenvalue weighted by Gasteiger charge is -2.57. The van der Waals surface area contributed by atoms with Crippen LogP contribution in [0.25, 0.3) is 0 Å². The summed E-state index contributed by atoms with van der Waals surface area (Å²) >= 11 is 0. The van der Waals surface area contributed by atoms with Crippen molar-refractivity contribution >= 4 is 5.91 Å². The lowest BCUT2D eigenvalue weighted by Crippen LogP contribution is -2.48. The van der Waals surface area contributed by atoms with Gasteiger partial charge in [0, 0.05) is 6.08 Å². The van der Waals surface area contributed by atoms with Gasteiger partial charge < -0.3 is 10.4 Å². The molecule has 28 heavy (non-hydrogen) atoms. The van der Waals surface area contributed by atoms with Gasteiger partial charge in [-0.1, -0.05) is 37.5 Å². The molecular weight excluding hydrogens is 346 g/mol. The van der Waals surface area contributed by atoms with Crippen LogP contribution in [-0.4, -0.2) is 23.2 Å². The molecule has 0 spiro atoms. The van der Waals surface area contributed by atoms with E-state index in [-0.39, 0.29) is 17.9 Å². The average molecular weight is 386 g/mol. The van der Waals surface area contributed by atoms with E-state index in [1.54, 1.807) is 5.57 Å². The molecule has 0 heterocycles. The summed E-state index contributed by atoms with van der Waals surface area (Å²) in [6.07, 6.45) is 16.1. The molecule has 3 nitrogen and oxygen atoms in total. The summed E-state index contributed by atoms with van der Waals surface area (Å²) < 4.78 is 0. The molecule has 4 aliphatic rings. The molecule has 3 heteroatoms. The summed E-state index contributed by atoms with van der Waals surface area (Å²) in [4.78, 5) is 12.6. The van der Waals surface area contributed by atoms with E-state index < -0.39 is 5.54 Å². The Morgan fingerprint density at radius 1 is 1.18 bits per heavy atom. The predicted octanol–water partition coefficient (Wildman–Crippen LogP) is 5.15. The maximum absolute atomic E-state index is 12.6. The monoisotopic (exact) mass is 385 g/mol. The number of allylic oxidation sites excluding steroid dienone is 3. The Labute approximate surface area is 171 Å². The number of amides is 1. The van der Waals surface area contributed by atoms with Crippen molar-refractivity contribution in [2.75, 3.05) is 6.61 Å². The van der Waals surface area contributed by atoms with E-state index in [0.29, 0.717) is 11.3 Å². The van der Waals surface area contributed by atoms with Crippen molar-refractivity contribution in [3.63, 3.8) is 0 Å². The second-order valence-electron chi connectivity index (χ2n) is 11.2. The number of rotatable bonds is 3. The highest BCUT2D eigenvalue weighted by molar-refractivity contribution is 5.89. The van der Waals surface area contributed by atoms with E-state index in [1.807, 2.05) is 19.9 Å². The highest BCUT2D eigenvalue weighted by Crippen LogP contribution is 2.66. The van der Waals surface area contributed by atoms with Gasteiger partial charge in [-0.15, -0.1) is 0 Å². The van der Waals surface area contributed by atoms with Gasteiger partial charge in [0.15, 0.2) is 0 Å². The summed E-state index contributed by atoms with van der Waals surface area (Å²) in [7, 11) is 0. The second-order valence-corrected chi connectivity index (χ2v) is 11.2. The van der Waals surface area contributed by atoms with Gasteiger partial charge in [0.2, 0.25) is 5.91 Å². The lowest BCUT2D eigenvalue weighted by atomic mass is 9.48. The van der Waals surface area contributed by atoms with Crippen molar-refractivity contribution in [3.8, 4) is 0 Å². The van der Waals surface area contributed by atoms with E-state index in [4.69, 9.17) is 0 Å². The Hall–Kier alpha value is -1.09. The summed E-state index contributed by atoms with van der Waals surface area (Å²) in [5.74, 6) is 2.30. The third-order valence-electron chi connectivity index (χ3n) is 9.03. The van der Waals surface area contributed by atoms with Gasteiger partial charge in [0.05, 0.1) is 12.1 Å². The number of carbonyl (C=O) groups excluding carboxylic acids is 1. The van der Waals surface area contributed by atoms with Crippen LogP contribution in [0.2, 0.25) is 0 Å². The second kappa shape index (κ2) is 7.00. The summed E-state index contributed by atoms with van der Waals surface area (Å²) in [6.45, 7) is 8.68. The quantitative estimate of drug-likeness (QED) is 0.521. The van der Waals surface area contributed by atoms with Crippen molar-refractivity contribution in [1.82, 2.24) is 5.32 Å². The maximum Gasteiger partial charge on any atom is 0.244 e. The first-order valence-corrected chi connectivity index (χ1v) is 11.5. The SMILES string of the molecule is CC(C)(CO)NC(=O)/C=C1\CC[C@H]2[C@@H]3CC=C4CCCC[C@]4(C)[C@H]3CC[C@]12C. The van der Waals surface area contributed by atoms with E-state index in [2.05, 4.69) is 25.2 Å². The first-order chi connectivity index (χ1) is 13.2. The Morgan fingerprint density at radius 3 is 2.68 bits per heavy atom. The molecule has 4 aliphatic carbocycles. The summed E-state index contributed by atoms with van der Waals surface area (Å²) in [5.41, 5.74) is 3.18. The fourth-order valence-corrected chi connectivity index (χ4v) is 7.35. The van der Waals surface area contributed by atoms with E-state index in [9.17, 15) is 9.90 Å². The molecule has 4 rings (SSSR count). The van der Waals surface area contributed by atoms with Crippen LogP contribution in [0, 0.1) is 28.6 Å². The normalized spacial score (nSPS) is 41.7. The Morgan fingerprint density at radius 2 is 1.93 bits per heavy atom. The van der Waals surface area contributed by atoms with Crippen molar-refractivity contribution in [1.29, 1.82) is 0 Å². The van der Waals surface area contributed by atoms with Gasteiger partial charge in [-0.3, -0.25) is 4.79 Å². The molecule has 0 aliphatic heterocycles. The van der Waals surface area contributed by atoms with E-state index >= 15 is 0 Å². The molecule has 0 aromatic carbocycles. The van der Waals surface area contributed by atoms with Crippen molar-refractivity contribution < 1.29 is 9.90 Å². The van der Waals surface area contributed by atoms with Crippen LogP contribution < -0.4 is 5.32 Å². The van der Waals surface area contributed by atoms with Crippen molar-refractivity contribution in [2.24, 2.45) is 28.6 Å². The molecule has 5 atom stereocenters. The highest BCUT2D eigenvalue weighted by Gasteiger charge is 2.56. The van der Waals surface area contributed by atoms with Crippen LogP contribution in [0.3, 0.4) is 0 Å². The Balaban J connectivity index is 1.56. The third kappa shape index (κ3) is 3.18. The van der Waals surface area contributed by atoms with Crippen LogP contribution in [0.5, 0.6) is 0 Å². The number of carbonyl (C=O) groups is 1. The lowest BCUT2D eigenvalue weighted by molar-refractivity contribution is -0.118. The van der Waals surface area contributed by atoms with Crippen LogP contribution in [0.1, 0.15) is 85.5 Å². The minimum Gasteiger partial charge on any atom is -0.394 e. The number of hydrogen-bond acceptors (Lipinski definition) is 2. The van der Waals surface area contributed by atoms with Crippen molar-refractivity contribution in [3.05, 3.63) is 23.3 Å². The third-order valence-corrected chi connectivity index (χ3v) is 9.03.